The summed E-state index contributed by atoms with van der Waals surface area (Å²) < 4.78 is 18.7. The SMILES string of the molecule is N#Cc1ccc(Oc2cc([N+](=O)[O-])cc(N)n2)c(F)c1. The Morgan fingerprint density at radius 1 is 1.40 bits per heavy atom. The summed E-state index contributed by atoms with van der Waals surface area (Å²) in [6, 6.07) is 7.41. The van der Waals surface area contributed by atoms with Crippen LogP contribution in [0.2, 0.25) is 0 Å². The van der Waals surface area contributed by atoms with Crippen molar-refractivity contribution in [2.75, 3.05) is 5.73 Å². The number of ether oxygens (including phenoxy) is 1. The van der Waals surface area contributed by atoms with Gasteiger partial charge < -0.3 is 10.5 Å². The number of hydrogen-bond acceptors (Lipinski definition) is 6. The van der Waals surface area contributed by atoms with Gasteiger partial charge in [-0.15, -0.1) is 0 Å². The number of nitrogens with two attached hydrogens (primary N) is 1. The highest BCUT2D eigenvalue weighted by molar-refractivity contribution is 5.46. The first-order valence-corrected chi connectivity index (χ1v) is 5.29. The van der Waals surface area contributed by atoms with E-state index in [4.69, 9.17) is 15.7 Å². The van der Waals surface area contributed by atoms with Crippen molar-refractivity contribution in [2.45, 2.75) is 0 Å². The molecule has 2 aromatic rings. The Hall–Kier alpha value is -3.21. The van der Waals surface area contributed by atoms with Gasteiger partial charge in [0.25, 0.3) is 5.69 Å². The molecular formula is C12H7FN4O3. The first-order valence-electron chi connectivity index (χ1n) is 5.29. The third kappa shape index (κ3) is 2.78. The lowest BCUT2D eigenvalue weighted by molar-refractivity contribution is -0.384. The van der Waals surface area contributed by atoms with E-state index in [1.807, 2.05) is 0 Å². The van der Waals surface area contributed by atoms with Crippen LogP contribution in [0.4, 0.5) is 15.9 Å². The monoisotopic (exact) mass is 274 g/mol. The van der Waals surface area contributed by atoms with E-state index in [1.165, 1.54) is 12.1 Å². The van der Waals surface area contributed by atoms with E-state index in [9.17, 15) is 14.5 Å². The molecule has 0 unspecified atom stereocenters. The summed E-state index contributed by atoms with van der Waals surface area (Å²) in [5.74, 6) is -1.32. The molecule has 8 heteroatoms. The van der Waals surface area contributed by atoms with Crippen LogP contribution >= 0.6 is 0 Å². The number of nitrogen functional groups attached to an aromatic ring is 1. The number of benzene rings is 1. The van der Waals surface area contributed by atoms with Crippen LogP contribution in [-0.4, -0.2) is 9.91 Å². The van der Waals surface area contributed by atoms with Crippen molar-refractivity contribution >= 4 is 11.5 Å². The maximum absolute atomic E-state index is 13.6. The van der Waals surface area contributed by atoms with E-state index in [1.54, 1.807) is 6.07 Å². The Morgan fingerprint density at radius 3 is 2.75 bits per heavy atom. The minimum absolute atomic E-state index is 0.122. The highest BCUT2D eigenvalue weighted by atomic mass is 19.1. The van der Waals surface area contributed by atoms with Gasteiger partial charge in [0.15, 0.2) is 11.6 Å². The second-order valence-corrected chi connectivity index (χ2v) is 3.70. The Labute approximate surface area is 112 Å². The lowest BCUT2D eigenvalue weighted by Crippen LogP contribution is -1.98. The third-order valence-corrected chi connectivity index (χ3v) is 2.29. The zero-order valence-electron chi connectivity index (χ0n) is 9.91. The standard InChI is InChI=1S/C12H7FN4O3/c13-9-3-7(6-14)1-2-10(9)20-12-5-8(17(18)19)4-11(15)16-12/h1-5H,(H2,15,16). The summed E-state index contributed by atoms with van der Waals surface area (Å²) in [6.45, 7) is 0. The first kappa shape index (κ1) is 13.2. The maximum atomic E-state index is 13.6. The van der Waals surface area contributed by atoms with Crippen molar-refractivity contribution in [1.29, 1.82) is 5.26 Å². The van der Waals surface area contributed by atoms with E-state index in [2.05, 4.69) is 4.98 Å². The largest absolute Gasteiger partial charge is 0.436 e. The molecule has 0 aliphatic heterocycles. The van der Waals surface area contributed by atoms with Crippen molar-refractivity contribution in [2.24, 2.45) is 0 Å². The van der Waals surface area contributed by atoms with Crippen LogP contribution in [0.3, 0.4) is 0 Å². The van der Waals surface area contributed by atoms with Crippen LogP contribution in [0.15, 0.2) is 30.3 Å². The number of rotatable bonds is 3. The summed E-state index contributed by atoms with van der Waals surface area (Å²) in [5, 5.41) is 19.3. The van der Waals surface area contributed by atoms with Gasteiger partial charge in [0.05, 0.1) is 28.7 Å². The molecule has 0 aliphatic carbocycles. The second-order valence-electron chi connectivity index (χ2n) is 3.70. The van der Waals surface area contributed by atoms with Crippen LogP contribution in [0.25, 0.3) is 0 Å². The molecule has 0 radical (unpaired) electrons. The fourth-order valence-electron chi connectivity index (χ4n) is 1.43. The van der Waals surface area contributed by atoms with Gasteiger partial charge in [0.1, 0.15) is 5.82 Å². The van der Waals surface area contributed by atoms with Gasteiger partial charge in [-0.3, -0.25) is 10.1 Å². The molecule has 1 heterocycles. The molecule has 1 aromatic carbocycles. The number of nitrogens with zero attached hydrogens (tertiary/aromatic N) is 3. The Bertz CT molecular complexity index is 727. The predicted molar refractivity (Wildman–Crippen MR) is 66.5 cm³/mol. The van der Waals surface area contributed by atoms with Crippen molar-refractivity contribution in [1.82, 2.24) is 4.98 Å². The molecular weight excluding hydrogens is 267 g/mol. The van der Waals surface area contributed by atoms with Crippen LogP contribution in [-0.2, 0) is 0 Å². The summed E-state index contributed by atoms with van der Waals surface area (Å²) in [6.07, 6.45) is 0. The lowest BCUT2D eigenvalue weighted by Gasteiger charge is -2.06. The maximum Gasteiger partial charge on any atom is 0.278 e. The van der Waals surface area contributed by atoms with Crippen LogP contribution < -0.4 is 10.5 Å². The van der Waals surface area contributed by atoms with Gasteiger partial charge in [0, 0.05) is 0 Å². The molecule has 100 valence electrons. The van der Waals surface area contributed by atoms with E-state index < -0.39 is 10.7 Å². The highest BCUT2D eigenvalue weighted by Crippen LogP contribution is 2.27. The van der Waals surface area contributed by atoms with Crippen molar-refractivity contribution in [3.05, 3.63) is 51.8 Å². The Balaban J connectivity index is 2.35. The number of hydrogen-bond donors (Lipinski definition) is 1. The predicted octanol–water partition coefficient (Wildman–Crippen LogP) is 2.38. The van der Waals surface area contributed by atoms with E-state index >= 15 is 0 Å². The van der Waals surface area contributed by atoms with Gasteiger partial charge >= 0.3 is 0 Å². The molecule has 0 amide bonds. The van der Waals surface area contributed by atoms with Crippen molar-refractivity contribution < 1.29 is 14.1 Å². The minimum atomic E-state index is -0.782. The molecule has 0 saturated carbocycles. The number of aromatic nitrogens is 1. The Kier molecular flexibility index (Phi) is 3.43. The molecule has 1 aromatic heterocycles. The molecule has 0 saturated heterocycles. The van der Waals surface area contributed by atoms with Gasteiger partial charge in [-0.2, -0.15) is 10.2 Å². The fourth-order valence-corrected chi connectivity index (χ4v) is 1.43. The zero-order chi connectivity index (χ0) is 14.7. The molecule has 0 bridgehead atoms. The number of anilines is 1. The number of pyridine rings is 1. The molecule has 7 nitrogen and oxygen atoms in total. The summed E-state index contributed by atoms with van der Waals surface area (Å²) in [5.41, 5.74) is 5.21. The average Bonchev–Trinajstić information content (AvgIpc) is 2.40. The number of nitro groups is 1. The average molecular weight is 274 g/mol. The highest BCUT2D eigenvalue weighted by Gasteiger charge is 2.13. The van der Waals surface area contributed by atoms with Crippen molar-refractivity contribution in [3.63, 3.8) is 0 Å². The van der Waals surface area contributed by atoms with E-state index in [0.717, 1.165) is 18.2 Å². The molecule has 0 atom stereocenters. The quantitative estimate of drug-likeness (QED) is 0.678. The molecule has 20 heavy (non-hydrogen) atoms. The summed E-state index contributed by atoms with van der Waals surface area (Å²) in [4.78, 5) is 13.7. The molecule has 0 aliphatic rings. The smallest absolute Gasteiger partial charge is 0.278 e. The van der Waals surface area contributed by atoms with Crippen molar-refractivity contribution in [3.8, 4) is 17.7 Å². The summed E-state index contributed by atoms with van der Waals surface area (Å²) >= 11 is 0. The lowest BCUT2D eigenvalue weighted by atomic mass is 10.2. The zero-order valence-corrected chi connectivity index (χ0v) is 9.91. The number of halogens is 1. The van der Waals surface area contributed by atoms with E-state index in [-0.39, 0.29) is 28.7 Å². The fraction of sp³-hybridized carbons (Fsp3) is 0. The number of nitriles is 1. The topological polar surface area (TPSA) is 115 Å². The van der Waals surface area contributed by atoms with E-state index in [0.29, 0.717) is 0 Å². The van der Waals surface area contributed by atoms with Gasteiger partial charge in [-0.1, -0.05) is 0 Å². The van der Waals surface area contributed by atoms with Crippen LogP contribution in [0, 0.1) is 27.3 Å². The molecule has 0 fully saturated rings. The third-order valence-electron chi connectivity index (χ3n) is 2.29. The molecule has 0 spiro atoms. The van der Waals surface area contributed by atoms with Gasteiger partial charge in [0.2, 0.25) is 5.88 Å². The first-order chi connectivity index (χ1) is 9.49. The Morgan fingerprint density at radius 2 is 2.15 bits per heavy atom. The van der Waals surface area contributed by atoms with Gasteiger partial charge in [-0.05, 0) is 18.2 Å². The normalized spacial score (nSPS) is 9.80. The molecule has 2 rings (SSSR count). The van der Waals surface area contributed by atoms with Gasteiger partial charge in [-0.25, -0.2) is 4.39 Å². The summed E-state index contributed by atoms with van der Waals surface area (Å²) in [7, 11) is 0. The van der Waals surface area contributed by atoms with Crippen LogP contribution in [0.1, 0.15) is 5.56 Å². The van der Waals surface area contributed by atoms with Crippen LogP contribution in [0.5, 0.6) is 11.6 Å². The second kappa shape index (κ2) is 5.19. The minimum Gasteiger partial charge on any atom is -0.436 e. The molecule has 2 N–H and O–H groups in total.